The molecule has 426 valence electrons. The van der Waals surface area contributed by atoms with Gasteiger partial charge in [-0.1, -0.05) is 49.2 Å². The Labute approximate surface area is 478 Å². The molecule has 4 N–H and O–H groups in total. The number of ether oxygens (including phenoxy) is 2. The van der Waals surface area contributed by atoms with Gasteiger partial charge in [0.25, 0.3) is 31.2 Å². The van der Waals surface area contributed by atoms with Gasteiger partial charge in [0.15, 0.2) is 0 Å². The fraction of sp³-hybridized carbons (Fsp3) is 0.286. The zero-order chi connectivity index (χ0) is 58.2. The molecular formula is C56H52Cl2F2N10O10S2. The van der Waals surface area contributed by atoms with Gasteiger partial charge in [0.05, 0.1) is 70.1 Å². The topological polar surface area (TPSA) is 265 Å². The molecule has 2 fully saturated rings. The van der Waals surface area contributed by atoms with E-state index in [2.05, 4.69) is 40.0 Å². The number of benzene rings is 4. The van der Waals surface area contributed by atoms with Crippen LogP contribution in [-0.4, -0.2) is 83.5 Å². The fourth-order valence-electron chi connectivity index (χ4n) is 9.55. The summed E-state index contributed by atoms with van der Waals surface area (Å²) in [5, 5.41) is 5.83. The predicted molar refractivity (Wildman–Crippen MR) is 304 cm³/mol. The molecule has 0 aliphatic heterocycles. The van der Waals surface area contributed by atoms with Crippen molar-refractivity contribution in [3.63, 3.8) is 0 Å². The number of hydrogen-bond acceptors (Lipinski definition) is 14. The van der Waals surface area contributed by atoms with E-state index in [-0.39, 0.29) is 104 Å². The van der Waals surface area contributed by atoms with Crippen LogP contribution in [0, 0.1) is 29.4 Å². The standard InChI is InChI=1S/C56H52Cl2F2N10O10S2/c1-30(51(71)65-39-5-4-6-39)25-69-28-63-46-12-8-34(18-42(46)55(69)73)36-20-48(68-82(77,78)50-14-10-38(60)22-44(50)58)54(62-24-36)80-27-32-15-40(16-32)66-52(72)31(2)26-70-29-64-45-11-7-33(17-41(45)56(70)74)35-19-47(53(79-3)61-23-35)67-81(75,76)49-13-9-37(59)21-43(49)57/h7-14,17-24,28-32,39-40,67-68H,4-6,15-16,25-27H2,1-3H3,(H,65,71)(H,66,72)/t30-,31+,32?,40?/m0/s1. The number of carbonyl (C=O) groups excluding carboxylic acids is 2. The number of anilines is 2. The lowest BCUT2D eigenvalue weighted by atomic mass is 9.80. The van der Waals surface area contributed by atoms with Crippen molar-refractivity contribution in [2.24, 2.45) is 17.8 Å². The summed E-state index contributed by atoms with van der Waals surface area (Å²) in [5.74, 6) is -3.34. The Morgan fingerprint density at radius 3 is 1.55 bits per heavy atom. The molecule has 0 bridgehead atoms. The molecule has 82 heavy (non-hydrogen) atoms. The lowest BCUT2D eigenvalue weighted by Crippen LogP contribution is -2.48. The molecular weight excluding hydrogens is 1150 g/mol. The van der Waals surface area contributed by atoms with E-state index in [1.165, 1.54) is 53.4 Å². The third kappa shape index (κ3) is 12.4. The smallest absolute Gasteiger partial charge is 0.263 e. The van der Waals surface area contributed by atoms with Crippen LogP contribution in [0.1, 0.15) is 46.0 Å². The highest BCUT2D eigenvalue weighted by Crippen LogP contribution is 2.36. The van der Waals surface area contributed by atoms with Gasteiger partial charge in [-0.2, -0.15) is 0 Å². The molecule has 2 amide bonds. The van der Waals surface area contributed by atoms with Crippen molar-refractivity contribution in [1.82, 2.24) is 39.7 Å². The molecule has 10 rings (SSSR count). The van der Waals surface area contributed by atoms with E-state index in [0.29, 0.717) is 46.1 Å². The van der Waals surface area contributed by atoms with E-state index in [1.807, 2.05) is 0 Å². The lowest BCUT2D eigenvalue weighted by Gasteiger charge is -2.36. The number of nitrogens with one attached hydrogen (secondary N) is 4. The van der Waals surface area contributed by atoms with E-state index in [1.54, 1.807) is 50.2 Å². The van der Waals surface area contributed by atoms with E-state index >= 15 is 0 Å². The molecule has 8 aromatic rings. The first-order valence-electron chi connectivity index (χ1n) is 25.9. The van der Waals surface area contributed by atoms with Gasteiger partial charge in [0.2, 0.25) is 23.6 Å². The molecule has 0 spiro atoms. The SMILES string of the molecule is COc1ncc(-c2ccc3ncn(C[C@@H](C)C(=O)NC4CC(COc5ncc(-c6ccc7ncn(C[C@H](C)C(=O)NC8CCC8)c(=O)c7c6)cc5NS(=O)(=O)c5ccc(F)cc5Cl)C4)c(=O)c3c2)cc1NS(=O)(=O)c1ccc(F)cc1Cl. The number of rotatable bonds is 20. The number of hydrogen-bond donors (Lipinski definition) is 4. The van der Waals surface area contributed by atoms with Gasteiger partial charge in [-0.25, -0.2) is 45.6 Å². The molecule has 0 unspecified atom stereocenters. The van der Waals surface area contributed by atoms with Gasteiger partial charge in [-0.05, 0) is 122 Å². The summed E-state index contributed by atoms with van der Waals surface area (Å²) in [6.07, 6.45) is 9.57. The quantitative estimate of drug-likeness (QED) is 0.0559. The van der Waals surface area contributed by atoms with Crippen molar-refractivity contribution in [2.75, 3.05) is 23.2 Å². The summed E-state index contributed by atoms with van der Waals surface area (Å²) in [4.78, 5) is 71.0. The van der Waals surface area contributed by atoms with E-state index in [0.717, 1.165) is 55.7 Å². The van der Waals surface area contributed by atoms with Crippen LogP contribution in [0.25, 0.3) is 44.1 Å². The second-order valence-corrected chi connectivity index (χ2v) is 24.5. The molecule has 0 radical (unpaired) electrons. The van der Waals surface area contributed by atoms with Gasteiger partial charge >= 0.3 is 0 Å². The number of carbonyl (C=O) groups is 2. The van der Waals surface area contributed by atoms with Crippen LogP contribution in [0.4, 0.5) is 20.2 Å². The Bertz CT molecular complexity index is 4200. The van der Waals surface area contributed by atoms with Crippen LogP contribution in [0.2, 0.25) is 10.0 Å². The molecule has 0 saturated heterocycles. The maximum absolute atomic E-state index is 14.0. The normalized spacial score (nSPS) is 16.1. The molecule has 20 nitrogen and oxygen atoms in total. The van der Waals surface area contributed by atoms with Gasteiger partial charge in [0.1, 0.15) is 32.8 Å². The number of halogens is 4. The van der Waals surface area contributed by atoms with Gasteiger partial charge < -0.3 is 20.1 Å². The number of sulfonamides is 2. The van der Waals surface area contributed by atoms with Crippen molar-refractivity contribution >= 4 is 88.2 Å². The van der Waals surface area contributed by atoms with Crippen molar-refractivity contribution < 1.29 is 44.7 Å². The first-order chi connectivity index (χ1) is 39.1. The van der Waals surface area contributed by atoms with Gasteiger partial charge in [0, 0.05) is 48.7 Å². The van der Waals surface area contributed by atoms with E-state index in [4.69, 9.17) is 32.7 Å². The van der Waals surface area contributed by atoms with E-state index in [9.17, 15) is 44.8 Å². The Morgan fingerprint density at radius 1 is 0.634 bits per heavy atom. The summed E-state index contributed by atoms with van der Waals surface area (Å²) < 4.78 is 101. The molecule has 4 heterocycles. The summed E-state index contributed by atoms with van der Waals surface area (Å²) in [5.41, 5.74) is 1.61. The van der Waals surface area contributed by atoms with Crippen LogP contribution >= 0.6 is 23.2 Å². The minimum absolute atomic E-state index is 0.0175. The lowest BCUT2D eigenvalue weighted by molar-refractivity contribution is -0.127. The Kier molecular flexibility index (Phi) is 16.3. The number of aromatic nitrogens is 6. The zero-order valence-corrected chi connectivity index (χ0v) is 47.2. The predicted octanol–water partition coefficient (Wildman–Crippen LogP) is 8.34. The largest absolute Gasteiger partial charge is 0.480 e. The summed E-state index contributed by atoms with van der Waals surface area (Å²) >= 11 is 12.3. The second kappa shape index (κ2) is 23.4. The fourth-order valence-corrected chi connectivity index (χ4v) is 12.7. The Balaban J connectivity index is 0.798. The second-order valence-electron chi connectivity index (χ2n) is 20.4. The van der Waals surface area contributed by atoms with Gasteiger partial charge in [-0.3, -0.25) is 37.8 Å². The van der Waals surface area contributed by atoms with E-state index < -0.39 is 54.0 Å². The number of fused-ring (bicyclic) bond motifs is 2. The summed E-state index contributed by atoms with van der Waals surface area (Å²) in [6, 6.07) is 18.4. The number of amides is 2. The molecule has 2 aliphatic rings. The number of nitrogens with zero attached hydrogens (tertiary/aromatic N) is 6. The number of pyridine rings is 2. The van der Waals surface area contributed by atoms with Crippen molar-refractivity contribution in [2.45, 2.75) is 80.9 Å². The minimum atomic E-state index is -4.46. The van der Waals surface area contributed by atoms with Crippen LogP contribution in [0.5, 0.6) is 11.8 Å². The molecule has 2 saturated carbocycles. The van der Waals surface area contributed by atoms with Crippen LogP contribution in [0.15, 0.2) is 129 Å². The highest BCUT2D eigenvalue weighted by atomic mass is 35.5. The average molecular weight is 1200 g/mol. The van der Waals surface area contributed by atoms with Crippen molar-refractivity contribution in [3.05, 3.63) is 152 Å². The van der Waals surface area contributed by atoms with Crippen LogP contribution in [0.3, 0.4) is 0 Å². The first kappa shape index (κ1) is 57.2. The third-order valence-corrected chi connectivity index (χ3v) is 18.1. The maximum Gasteiger partial charge on any atom is 0.263 e. The Morgan fingerprint density at radius 2 is 1.10 bits per heavy atom. The third-order valence-electron chi connectivity index (χ3n) is 14.4. The molecule has 2 aliphatic carbocycles. The monoisotopic (exact) mass is 1200 g/mol. The molecule has 26 heteroatoms. The minimum Gasteiger partial charge on any atom is -0.480 e. The van der Waals surface area contributed by atoms with Crippen LogP contribution in [-0.2, 0) is 42.7 Å². The highest BCUT2D eigenvalue weighted by Gasteiger charge is 2.33. The number of methoxy groups -OCH3 is 1. The highest BCUT2D eigenvalue weighted by molar-refractivity contribution is 7.93. The molecule has 4 aromatic heterocycles. The molecule has 2 atom stereocenters. The molecule has 4 aromatic carbocycles. The maximum atomic E-state index is 14.0. The summed E-state index contributed by atoms with van der Waals surface area (Å²) in [6.45, 7) is 3.59. The van der Waals surface area contributed by atoms with Crippen molar-refractivity contribution in [3.8, 4) is 34.0 Å². The van der Waals surface area contributed by atoms with Crippen molar-refractivity contribution in [1.29, 1.82) is 0 Å². The summed E-state index contributed by atoms with van der Waals surface area (Å²) in [7, 11) is -7.49. The zero-order valence-electron chi connectivity index (χ0n) is 44.0. The van der Waals surface area contributed by atoms with Gasteiger partial charge in [-0.15, -0.1) is 0 Å². The average Bonchev–Trinajstić information content (AvgIpc) is 3.51. The Hall–Kier alpha value is -8.06. The van der Waals surface area contributed by atoms with Crippen LogP contribution < -0.4 is 40.7 Å². The first-order valence-corrected chi connectivity index (χ1v) is 29.6.